The van der Waals surface area contributed by atoms with Gasteiger partial charge in [-0.05, 0) is 12.1 Å². The summed E-state index contributed by atoms with van der Waals surface area (Å²) >= 11 is 11.3. The summed E-state index contributed by atoms with van der Waals surface area (Å²) in [7, 11) is 0. The molecule has 0 aliphatic rings. The van der Waals surface area contributed by atoms with Gasteiger partial charge in [0.05, 0.1) is 9.71 Å². The van der Waals surface area contributed by atoms with Crippen LogP contribution < -0.4 is 0 Å². The summed E-state index contributed by atoms with van der Waals surface area (Å²) in [6.45, 7) is 0. The molecule has 1 rings (SSSR count). The average molecular weight is 317 g/mol. The molecule has 0 saturated heterocycles. The van der Waals surface area contributed by atoms with Gasteiger partial charge in [-0.15, -0.1) is 22.9 Å². The molecule has 1 aromatic rings. The quantitative estimate of drug-likeness (QED) is 0.504. The van der Waals surface area contributed by atoms with Crippen LogP contribution in [0.5, 0.6) is 0 Å². The summed E-state index contributed by atoms with van der Waals surface area (Å²) in [6.07, 6.45) is -10.9. The third kappa shape index (κ3) is 3.66. The first-order valence-corrected chi connectivity index (χ1v) is 5.69. The number of halogens is 8. The van der Waals surface area contributed by atoms with Crippen LogP contribution in [0.1, 0.15) is 10.3 Å². The van der Waals surface area contributed by atoms with E-state index in [2.05, 4.69) is 0 Å². The highest BCUT2D eigenvalue weighted by atomic mass is 35.5. The first kappa shape index (κ1) is 14.9. The summed E-state index contributed by atoms with van der Waals surface area (Å²) in [5.41, 5.74) is 0. The van der Waals surface area contributed by atoms with E-state index in [1.165, 1.54) is 6.07 Å². The molecule has 0 aliphatic carbocycles. The molecule has 0 nitrogen and oxygen atoms in total. The second-order valence-corrected chi connectivity index (χ2v) is 5.32. The third-order valence-corrected chi connectivity index (χ3v) is 3.79. The predicted octanol–water partition coefficient (Wildman–Crippen LogP) is 5.42. The standard InChI is InChI=1S/C8H4Cl2F6S/c9-4-2-1-3(17-4)5(10)6(7(11,12)13)8(14,15)16/h1-2,5-6H. The highest BCUT2D eigenvalue weighted by molar-refractivity contribution is 7.16. The molecule has 0 spiro atoms. The van der Waals surface area contributed by atoms with Crippen molar-refractivity contribution in [2.24, 2.45) is 5.92 Å². The van der Waals surface area contributed by atoms with E-state index in [0.29, 0.717) is 11.3 Å². The van der Waals surface area contributed by atoms with Gasteiger partial charge in [0, 0.05) is 4.88 Å². The molecule has 0 radical (unpaired) electrons. The molecule has 1 atom stereocenters. The molecule has 0 aliphatic heterocycles. The fourth-order valence-electron chi connectivity index (χ4n) is 1.16. The number of rotatable bonds is 2. The highest BCUT2D eigenvalue weighted by Gasteiger charge is 2.60. The van der Waals surface area contributed by atoms with Gasteiger partial charge in [-0.1, -0.05) is 11.6 Å². The van der Waals surface area contributed by atoms with E-state index < -0.39 is 23.6 Å². The summed E-state index contributed by atoms with van der Waals surface area (Å²) in [6, 6.07) is 2.25. The maximum Gasteiger partial charge on any atom is 0.402 e. The van der Waals surface area contributed by atoms with E-state index in [1.807, 2.05) is 0 Å². The number of thiophene rings is 1. The number of hydrogen-bond donors (Lipinski definition) is 0. The Morgan fingerprint density at radius 1 is 1.00 bits per heavy atom. The molecule has 1 aromatic heterocycles. The molecular formula is C8H4Cl2F6S. The predicted molar refractivity (Wildman–Crippen MR) is 53.5 cm³/mol. The van der Waals surface area contributed by atoms with Crippen molar-refractivity contribution in [3.8, 4) is 0 Å². The molecule has 9 heteroatoms. The fraction of sp³-hybridized carbons (Fsp3) is 0.500. The van der Waals surface area contributed by atoms with Crippen LogP contribution in [0.2, 0.25) is 4.34 Å². The van der Waals surface area contributed by atoms with Gasteiger partial charge in [0.2, 0.25) is 0 Å². The first-order valence-electron chi connectivity index (χ1n) is 4.06. The summed E-state index contributed by atoms with van der Waals surface area (Å²) < 4.78 is 74.0. The van der Waals surface area contributed by atoms with Crippen LogP contribution in [-0.2, 0) is 0 Å². The van der Waals surface area contributed by atoms with Crippen molar-refractivity contribution in [3.63, 3.8) is 0 Å². The van der Waals surface area contributed by atoms with Crippen molar-refractivity contribution in [1.82, 2.24) is 0 Å². The first-order chi connectivity index (χ1) is 7.53. The lowest BCUT2D eigenvalue weighted by molar-refractivity contribution is -0.284. The summed E-state index contributed by atoms with van der Waals surface area (Å²) in [5.74, 6) is -3.61. The Bertz CT molecular complexity index is 368. The lowest BCUT2D eigenvalue weighted by Crippen LogP contribution is -2.39. The topological polar surface area (TPSA) is 0 Å². The zero-order valence-corrected chi connectivity index (χ0v) is 10.1. The van der Waals surface area contributed by atoms with Gasteiger partial charge in [0.1, 0.15) is 0 Å². The highest BCUT2D eigenvalue weighted by Crippen LogP contribution is 2.50. The average Bonchev–Trinajstić information content (AvgIpc) is 2.45. The molecule has 0 N–H and O–H groups in total. The molecule has 1 unspecified atom stereocenters. The monoisotopic (exact) mass is 316 g/mol. The lowest BCUT2D eigenvalue weighted by atomic mass is 10.0. The van der Waals surface area contributed by atoms with Crippen LogP contribution in [0.15, 0.2) is 12.1 Å². The van der Waals surface area contributed by atoms with Crippen molar-refractivity contribution < 1.29 is 26.3 Å². The minimum absolute atomic E-state index is 0.0775. The second-order valence-electron chi connectivity index (χ2n) is 3.10. The maximum absolute atomic E-state index is 12.3. The lowest BCUT2D eigenvalue weighted by Gasteiger charge is -2.26. The van der Waals surface area contributed by atoms with Gasteiger partial charge in [-0.3, -0.25) is 0 Å². The maximum atomic E-state index is 12.3. The summed E-state index contributed by atoms with van der Waals surface area (Å²) in [4.78, 5) is -0.267. The van der Waals surface area contributed by atoms with Crippen LogP contribution in [-0.4, -0.2) is 12.4 Å². The van der Waals surface area contributed by atoms with Crippen LogP contribution in [0, 0.1) is 5.92 Å². The third-order valence-electron chi connectivity index (χ3n) is 1.86. The molecule has 0 bridgehead atoms. The molecule has 98 valence electrons. The molecule has 0 aromatic carbocycles. The van der Waals surface area contributed by atoms with Crippen molar-refractivity contribution in [3.05, 3.63) is 21.3 Å². The Balaban J connectivity index is 3.08. The molecule has 0 fully saturated rings. The molecule has 17 heavy (non-hydrogen) atoms. The van der Waals surface area contributed by atoms with E-state index in [4.69, 9.17) is 23.2 Å². The van der Waals surface area contributed by atoms with Gasteiger partial charge in [0.25, 0.3) is 0 Å². The van der Waals surface area contributed by atoms with Gasteiger partial charge < -0.3 is 0 Å². The van der Waals surface area contributed by atoms with Crippen molar-refractivity contribution in [2.75, 3.05) is 0 Å². The van der Waals surface area contributed by atoms with Crippen molar-refractivity contribution in [1.29, 1.82) is 0 Å². The smallest absolute Gasteiger partial charge is 0.170 e. The number of hydrogen-bond acceptors (Lipinski definition) is 1. The van der Waals surface area contributed by atoms with Crippen molar-refractivity contribution >= 4 is 34.5 Å². The zero-order valence-electron chi connectivity index (χ0n) is 7.74. The SMILES string of the molecule is FC(F)(F)C(C(Cl)c1ccc(Cl)s1)C(F)(F)F. The molecular weight excluding hydrogens is 313 g/mol. The van der Waals surface area contributed by atoms with E-state index in [0.717, 1.165) is 6.07 Å². The Kier molecular flexibility index (Phi) is 4.26. The molecule has 0 saturated carbocycles. The van der Waals surface area contributed by atoms with Crippen LogP contribution in [0.3, 0.4) is 0 Å². The van der Waals surface area contributed by atoms with E-state index >= 15 is 0 Å². The van der Waals surface area contributed by atoms with Gasteiger partial charge in [-0.25, -0.2) is 0 Å². The minimum atomic E-state index is -5.46. The van der Waals surface area contributed by atoms with Crippen LogP contribution in [0.25, 0.3) is 0 Å². The second kappa shape index (κ2) is 4.85. The summed E-state index contributed by atoms with van der Waals surface area (Å²) in [5, 5.41) is -2.23. The van der Waals surface area contributed by atoms with E-state index in [-0.39, 0.29) is 9.21 Å². The van der Waals surface area contributed by atoms with E-state index in [9.17, 15) is 26.3 Å². The molecule has 1 heterocycles. The van der Waals surface area contributed by atoms with Crippen LogP contribution >= 0.6 is 34.5 Å². The Labute approximate surface area is 106 Å². The number of alkyl halides is 7. The van der Waals surface area contributed by atoms with Gasteiger partial charge in [0.15, 0.2) is 5.92 Å². The van der Waals surface area contributed by atoms with Gasteiger partial charge in [-0.2, -0.15) is 26.3 Å². The Morgan fingerprint density at radius 3 is 1.76 bits per heavy atom. The fourth-order valence-corrected chi connectivity index (χ4v) is 2.73. The zero-order chi connectivity index (χ0) is 13.4. The van der Waals surface area contributed by atoms with Crippen molar-refractivity contribution in [2.45, 2.75) is 17.7 Å². The largest absolute Gasteiger partial charge is 0.402 e. The normalized spacial score (nSPS) is 15.4. The van der Waals surface area contributed by atoms with E-state index in [1.54, 1.807) is 0 Å². The molecule has 0 amide bonds. The Hall–Kier alpha value is -0.140. The van der Waals surface area contributed by atoms with Gasteiger partial charge >= 0.3 is 12.4 Å². The van der Waals surface area contributed by atoms with Crippen LogP contribution in [0.4, 0.5) is 26.3 Å². The minimum Gasteiger partial charge on any atom is -0.170 e. The Morgan fingerprint density at radius 2 is 1.47 bits per heavy atom.